The number of nitrogens with zero attached hydrogens (tertiary/aromatic N) is 4. The molecular formula is C19H24N4O2S. The fraction of sp³-hybridized carbons (Fsp3) is 0.474. The number of fused-ring (bicyclic) bond motifs is 2. The summed E-state index contributed by atoms with van der Waals surface area (Å²) in [5.74, 6) is 0.943. The Morgan fingerprint density at radius 1 is 1.08 bits per heavy atom. The minimum Gasteiger partial charge on any atom is -0.309 e. The van der Waals surface area contributed by atoms with E-state index < -0.39 is 10.0 Å². The second kappa shape index (κ2) is 6.63. The monoisotopic (exact) mass is 372 g/mol. The quantitative estimate of drug-likeness (QED) is 0.825. The maximum Gasteiger partial charge on any atom is 0.229 e. The first-order chi connectivity index (χ1) is 12.6. The highest BCUT2D eigenvalue weighted by Gasteiger charge is 2.46. The van der Waals surface area contributed by atoms with Gasteiger partial charge in [0.2, 0.25) is 16.0 Å². The fourth-order valence-corrected chi connectivity index (χ4v) is 5.76. The Bertz CT molecular complexity index is 877. The minimum atomic E-state index is -3.13. The molecule has 0 unspecified atom stereocenters. The van der Waals surface area contributed by atoms with E-state index >= 15 is 0 Å². The van der Waals surface area contributed by atoms with Crippen LogP contribution >= 0.6 is 0 Å². The number of para-hydroxylation sites is 1. The van der Waals surface area contributed by atoms with E-state index in [0.717, 1.165) is 25.1 Å². The highest BCUT2D eigenvalue weighted by atomic mass is 32.2. The summed E-state index contributed by atoms with van der Waals surface area (Å²) < 4.78 is 26.5. The number of rotatable bonds is 4. The Morgan fingerprint density at radius 2 is 1.77 bits per heavy atom. The molecule has 0 saturated carbocycles. The first-order valence-corrected chi connectivity index (χ1v) is 10.8. The summed E-state index contributed by atoms with van der Waals surface area (Å²) in [5.41, 5.74) is 2.40. The van der Waals surface area contributed by atoms with Crippen molar-refractivity contribution in [3.8, 4) is 0 Å². The molecule has 26 heavy (non-hydrogen) atoms. The van der Waals surface area contributed by atoms with Crippen molar-refractivity contribution in [2.24, 2.45) is 0 Å². The zero-order chi connectivity index (χ0) is 18.2. The van der Waals surface area contributed by atoms with Gasteiger partial charge in [0, 0.05) is 43.1 Å². The Kier molecular flexibility index (Phi) is 4.44. The molecule has 7 heteroatoms. The molecule has 6 nitrogen and oxygen atoms in total. The van der Waals surface area contributed by atoms with E-state index in [2.05, 4.69) is 33.1 Å². The molecule has 0 aliphatic carbocycles. The lowest BCUT2D eigenvalue weighted by molar-refractivity contribution is 0.246. The van der Waals surface area contributed by atoms with Crippen LogP contribution in [0, 0.1) is 0 Å². The van der Waals surface area contributed by atoms with Gasteiger partial charge in [0.25, 0.3) is 0 Å². The van der Waals surface area contributed by atoms with E-state index in [1.807, 2.05) is 19.1 Å². The molecule has 1 aromatic carbocycles. The van der Waals surface area contributed by atoms with Gasteiger partial charge in [0.1, 0.15) is 0 Å². The number of hydrogen-bond acceptors (Lipinski definition) is 5. The topological polar surface area (TPSA) is 66.4 Å². The number of piperidine rings is 1. The van der Waals surface area contributed by atoms with Crippen LogP contribution in [-0.2, 0) is 15.4 Å². The van der Waals surface area contributed by atoms with Crippen molar-refractivity contribution in [1.29, 1.82) is 0 Å². The first-order valence-electron chi connectivity index (χ1n) is 9.18. The van der Waals surface area contributed by atoms with Crippen molar-refractivity contribution in [2.75, 3.05) is 30.3 Å². The molecule has 4 rings (SSSR count). The Morgan fingerprint density at radius 3 is 2.46 bits per heavy atom. The predicted octanol–water partition coefficient (Wildman–Crippen LogP) is 2.70. The van der Waals surface area contributed by atoms with E-state index in [4.69, 9.17) is 0 Å². The maximum absolute atomic E-state index is 12.4. The third-order valence-corrected chi connectivity index (χ3v) is 7.63. The van der Waals surface area contributed by atoms with Crippen LogP contribution in [0.4, 0.5) is 11.6 Å². The molecule has 138 valence electrons. The van der Waals surface area contributed by atoms with Crippen LogP contribution in [0.3, 0.4) is 0 Å². The maximum atomic E-state index is 12.4. The Hall–Kier alpha value is -1.99. The van der Waals surface area contributed by atoms with Gasteiger partial charge in [-0.2, -0.15) is 0 Å². The molecule has 1 saturated heterocycles. The van der Waals surface area contributed by atoms with Gasteiger partial charge in [-0.1, -0.05) is 25.1 Å². The highest BCUT2D eigenvalue weighted by Crippen LogP contribution is 2.48. The zero-order valence-corrected chi connectivity index (χ0v) is 15.8. The Balaban J connectivity index is 1.63. The third-order valence-electron chi connectivity index (χ3n) is 5.56. The van der Waals surface area contributed by atoms with E-state index in [-0.39, 0.29) is 11.2 Å². The number of anilines is 2. The fourth-order valence-electron chi connectivity index (χ4n) is 4.25. The van der Waals surface area contributed by atoms with Gasteiger partial charge in [-0.3, -0.25) is 0 Å². The van der Waals surface area contributed by atoms with Crippen LogP contribution in [0.2, 0.25) is 0 Å². The summed E-state index contributed by atoms with van der Waals surface area (Å²) in [6.45, 7) is 3.88. The molecular weight excluding hydrogens is 348 g/mol. The van der Waals surface area contributed by atoms with E-state index in [0.29, 0.717) is 25.5 Å². The van der Waals surface area contributed by atoms with Gasteiger partial charge in [0.15, 0.2) is 0 Å². The van der Waals surface area contributed by atoms with Gasteiger partial charge >= 0.3 is 0 Å². The molecule has 1 aromatic heterocycles. The smallest absolute Gasteiger partial charge is 0.229 e. The second-order valence-electron chi connectivity index (χ2n) is 7.15. The van der Waals surface area contributed by atoms with Crippen LogP contribution in [0.25, 0.3) is 0 Å². The molecule has 0 atom stereocenters. The summed E-state index contributed by atoms with van der Waals surface area (Å²) in [6, 6.07) is 10.2. The molecule has 2 aliphatic heterocycles. The van der Waals surface area contributed by atoms with Crippen LogP contribution in [0.5, 0.6) is 0 Å². The van der Waals surface area contributed by atoms with Gasteiger partial charge in [-0.15, -0.1) is 0 Å². The molecule has 0 N–H and O–H groups in total. The molecule has 0 radical (unpaired) electrons. The molecule has 1 spiro atoms. The van der Waals surface area contributed by atoms with Gasteiger partial charge in [-0.05, 0) is 37.0 Å². The van der Waals surface area contributed by atoms with Crippen molar-refractivity contribution in [3.63, 3.8) is 0 Å². The highest BCUT2D eigenvalue weighted by molar-refractivity contribution is 7.89. The largest absolute Gasteiger partial charge is 0.309 e. The number of aromatic nitrogens is 2. The van der Waals surface area contributed by atoms with Crippen molar-refractivity contribution in [2.45, 2.75) is 31.6 Å². The van der Waals surface area contributed by atoms with Crippen molar-refractivity contribution < 1.29 is 8.42 Å². The number of hydrogen-bond donors (Lipinski definition) is 0. The van der Waals surface area contributed by atoms with Gasteiger partial charge in [0.05, 0.1) is 5.75 Å². The average Bonchev–Trinajstić information content (AvgIpc) is 2.97. The van der Waals surface area contributed by atoms with Crippen LogP contribution in [-0.4, -0.2) is 48.1 Å². The predicted molar refractivity (Wildman–Crippen MR) is 102 cm³/mol. The molecule has 0 amide bonds. The summed E-state index contributed by atoms with van der Waals surface area (Å²) in [5, 5.41) is 0. The molecule has 0 bridgehead atoms. The number of sulfonamides is 1. The molecule has 2 aliphatic rings. The third kappa shape index (κ3) is 2.89. The number of benzene rings is 1. The molecule has 2 aromatic rings. The van der Waals surface area contributed by atoms with E-state index in [1.165, 1.54) is 5.56 Å². The lowest BCUT2D eigenvalue weighted by Crippen LogP contribution is -2.47. The van der Waals surface area contributed by atoms with Crippen LogP contribution < -0.4 is 4.90 Å². The SMILES string of the molecule is CCCS(=O)(=O)N1CCC2(CC1)CN(c1ncccn1)c1ccccc12. The van der Waals surface area contributed by atoms with E-state index in [9.17, 15) is 8.42 Å². The lowest BCUT2D eigenvalue weighted by Gasteiger charge is -2.39. The zero-order valence-electron chi connectivity index (χ0n) is 15.0. The molecule has 1 fully saturated rings. The minimum absolute atomic E-state index is 0.0337. The summed E-state index contributed by atoms with van der Waals surface area (Å²) in [4.78, 5) is 11.0. The standard InChI is InChI=1S/C19H24N4O2S/c1-2-14-26(24,25)22-12-8-19(9-13-22)15-23(18-20-10-5-11-21-18)17-7-4-3-6-16(17)19/h3-7,10-11H,2,8-9,12-15H2,1H3. The molecule has 3 heterocycles. The average molecular weight is 372 g/mol. The summed E-state index contributed by atoms with van der Waals surface area (Å²) in [6.07, 6.45) is 5.84. The van der Waals surface area contributed by atoms with Gasteiger partial charge < -0.3 is 4.90 Å². The van der Waals surface area contributed by atoms with Crippen LogP contribution in [0.1, 0.15) is 31.7 Å². The first kappa shape index (κ1) is 17.4. The van der Waals surface area contributed by atoms with Crippen molar-refractivity contribution >= 4 is 21.7 Å². The van der Waals surface area contributed by atoms with Gasteiger partial charge in [-0.25, -0.2) is 22.7 Å². The summed E-state index contributed by atoms with van der Waals surface area (Å²) in [7, 11) is -3.13. The van der Waals surface area contributed by atoms with Crippen molar-refractivity contribution in [3.05, 3.63) is 48.3 Å². The lowest BCUT2D eigenvalue weighted by atomic mass is 9.75. The summed E-state index contributed by atoms with van der Waals surface area (Å²) >= 11 is 0. The van der Waals surface area contributed by atoms with Crippen molar-refractivity contribution in [1.82, 2.24) is 14.3 Å². The normalized spacial score (nSPS) is 19.7. The Labute approximate surface area is 154 Å². The van der Waals surface area contributed by atoms with Crippen LogP contribution in [0.15, 0.2) is 42.7 Å². The van der Waals surface area contributed by atoms with E-state index in [1.54, 1.807) is 16.7 Å². The second-order valence-corrected chi connectivity index (χ2v) is 9.24.